The highest BCUT2D eigenvalue weighted by molar-refractivity contribution is 5.40. The van der Waals surface area contributed by atoms with Crippen LogP contribution in [0.3, 0.4) is 0 Å². The van der Waals surface area contributed by atoms with Crippen molar-refractivity contribution in [3.8, 4) is 0 Å². The van der Waals surface area contributed by atoms with E-state index in [1.165, 1.54) is 18.2 Å². The van der Waals surface area contributed by atoms with Gasteiger partial charge in [0.2, 0.25) is 0 Å². The third-order valence-electron chi connectivity index (χ3n) is 4.46. The first-order valence-corrected chi connectivity index (χ1v) is 8.27. The van der Waals surface area contributed by atoms with Crippen molar-refractivity contribution < 1.29 is 22.7 Å². The van der Waals surface area contributed by atoms with E-state index in [-0.39, 0.29) is 5.82 Å². The van der Waals surface area contributed by atoms with E-state index in [0.29, 0.717) is 44.1 Å². The summed E-state index contributed by atoms with van der Waals surface area (Å²) in [6.45, 7) is 2.94. The van der Waals surface area contributed by atoms with Gasteiger partial charge in [-0.15, -0.1) is 0 Å². The van der Waals surface area contributed by atoms with Crippen LogP contribution in [-0.2, 0) is 6.18 Å². The minimum absolute atomic E-state index is 0.349. The van der Waals surface area contributed by atoms with Crippen molar-refractivity contribution in [1.29, 1.82) is 0 Å². The maximum absolute atomic E-state index is 12.9. The molecule has 3 rings (SSSR count). The molecule has 1 aliphatic rings. The molecule has 1 N–H and O–H groups in total. The quantitative estimate of drug-likeness (QED) is 0.841. The van der Waals surface area contributed by atoms with E-state index < -0.39 is 17.8 Å². The Labute approximate surface area is 148 Å². The second kappa shape index (κ2) is 7.59. The van der Waals surface area contributed by atoms with Crippen LogP contribution in [0.15, 0.2) is 42.6 Å². The Morgan fingerprint density at radius 3 is 2.19 bits per heavy atom. The lowest BCUT2D eigenvalue weighted by Gasteiger charge is -2.36. The Balaban J connectivity index is 1.53. The zero-order chi connectivity index (χ0) is 18.7. The van der Waals surface area contributed by atoms with Gasteiger partial charge in [0.15, 0.2) is 0 Å². The summed E-state index contributed by atoms with van der Waals surface area (Å²) < 4.78 is 50.7. The number of aliphatic hydroxyl groups excluding tert-OH is 1. The van der Waals surface area contributed by atoms with Gasteiger partial charge in [-0.3, -0.25) is 4.90 Å². The zero-order valence-electron chi connectivity index (χ0n) is 14.0. The highest BCUT2D eigenvalue weighted by Crippen LogP contribution is 2.29. The van der Waals surface area contributed by atoms with Gasteiger partial charge in [-0.1, -0.05) is 12.1 Å². The predicted octanol–water partition coefficient (Wildman–Crippen LogP) is 3.10. The maximum Gasteiger partial charge on any atom is 0.417 e. The molecule has 0 radical (unpaired) electrons. The first-order valence-electron chi connectivity index (χ1n) is 8.27. The number of rotatable bonds is 4. The summed E-state index contributed by atoms with van der Waals surface area (Å²) in [5.74, 6) is 0.162. The average molecular weight is 369 g/mol. The Kier molecular flexibility index (Phi) is 5.43. The van der Waals surface area contributed by atoms with Gasteiger partial charge in [0.05, 0.1) is 11.7 Å². The molecule has 0 spiro atoms. The Morgan fingerprint density at radius 2 is 1.65 bits per heavy atom. The summed E-state index contributed by atoms with van der Waals surface area (Å²) >= 11 is 0. The summed E-state index contributed by atoms with van der Waals surface area (Å²) in [4.78, 5) is 7.89. The van der Waals surface area contributed by atoms with Crippen LogP contribution in [0.5, 0.6) is 0 Å². The van der Waals surface area contributed by atoms with Gasteiger partial charge in [-0.05, 0) is 29.8 Å². The van der Waals surface area contributed by atoms with Crippen LogP contribution < -0.4 is 4.90 Å². The normalized spacial score (nSPS) is 17.3. The lowest BCUT2D eigenvalue weighted by molar-refractivity contribution is -0.137. The number of alkyl halides is 3. The van der Waals surface area contributed by atoms with Crippen molar-refractivity contribution in [2.45, 2.75) is 12.3 Å². The third-order valence-corrected chi connectivity index (χ3v) is 4.46. The summed E-state index contributed by atoms with van der Waals surface area (Å²) in [5, 5.41) is 10.3. The lowest BCUT2D eigenvalue weighted by atomic mass is 10.1. The number of hydrogen-bond donors (Lipinski definition) is 1. The van der Waals surface area contributed by atoms with Gasteiger partial charge in [0.25, 0.3) is 0 Å². The number of piperazine rings is 1. The molecule has 2 aromatic rings. The van der Waals surface area contributed by atoms with Crippen LogP contribution in [0.25, 0.3) is 0 Å². The summed E-state index contributed by atoms with van der Waals surface area (Å²) in [7, 11) is 0. The zero-order valence-corrected chi connectivity index (χ0v) is 14.0. The molecule has 4 nitrogen and oxygen atoms in total. The van der Waals surface area contributed by atoms with Crippen molar-refractivity contribution in [2.24, 2.45) is 0 Å². The van der Waals surface area contributed by atoms with Gasteiger partial charge in [-0.2, -0.15) is 13.2 Å². The highest BCUT2D eigenvalue weighted by atomic mass is 19.4. The molecule has 1 saturated heterocycles. The second-order valence-electron chi connectivity index (χ2n) is 6.26. The predicted molar refractivity (Wildman–Crippen MR) is 89.3 cm³/mol. The number of aromatic nitrogens is 1. The van der Waals surface area contributed by atoms with E-state index in [9.17, 15) is 22.7 Å². The van der Waals surface area contributed by atoms with Crippen LogP contribution in [0.1, 0.15) is 17.2 Å². The summed E-state index contributed by atoms with van der Waals surface area (Å²) in [6.07, 6.45) is -4.26. The number of halogens is 4. The molecule has 1 unspecified atom stereocenters. The van der Waals surface area contributed by atoms with Gasteiger partial charge in [0.1, 0.15) is 11.6 Å². The molecule has 0 amide bonds. The van der Waals surface area contributed by atoms with Crippen molar-refractivity contribution in [3.63, 3.8) is 0 Å². The molecule has 1 aliphatic heterocycles. The Bertz CT molecular complexity index is 711. The van der Waals surface area contributed by atoms with Crippen LogP contribution in [0.2, 0.25) is 0 Å². The number of anilines is 1. The van der Waals surface area contributed by atoms with Crippen molar-refractivity contribution >= 4 is 5.82 Å². The van der Waals surface area contributed by atoms with Gasteiger partial charge in [0, 0.05) is 38.9 Å². The number of benzene rings is 1. The van der Waals surface area contributed by atoms with Crippen LogP contribution in [0.4, 0.5) is 23.4 Å². The van der Waals surface area contributed by atoms with Crippen LogP contribution >= 0.6 is 0 Å². The molecule has 1 atom stereocenters. The second-order valence-corrected chi connectivity index (χ2v) is 6.26. The third kappa shape index (κ3) is 4.50. The number of pyridine rings is 1. The van der Waals surface area contributed by atoms with Crippen molar-refractivity contribution in [1.82, 2.24) is 9.88 Å². The minimum Gasteiger partial charge on any atom is -0.387 e. The summed E-state index contributed by atoms with van der Waals surface area (Å²) in [6, 6.07) is 8.16. The monoisotopic (exact) mass is 369 g/mol. The van der Waals surface area contributed by atoms with Gasteiger partial charge >= 0.3 is 6.18 Å². The SMILES string of the molecule is OC(CN1CCN(c2ccc(C(F)(F)F)cn2)CC1)c1ccc(F)cc1. The summed E-state index contributed by atoms with van der Waals surface area (Å²) in [5.41, 5.74) is -0.111. The number of aliphatic hydroxyl groups is 1. The molecular weight excluding hydrogens is 350 g/mol. The molecule has 0 saturated carbocycles. The lowest BCUT2D eigenvalue weighted by Crippen LogP contribution is -2.47. The fourth-order valence-electron chi connectivity index (χ4n) is 2.94. The van der Waals surface area contributed by atoms with Gasteiger partial charge in [-0.25, -0.2) is 9.37 Å². The molecule has 1 aromatic heterocycles. The topological polar surface area (TPSA) is 39.6 Å². The molecule has 1 aromatic carbocycles. The van der Waals surface area contributed by atoms with E-state index >= 15 is 0 Å². The van der Waals surface area contributed by atoms with E-state index in [1.807, 2.05) is 4.90 Å². The van der Waals surface area contributed by atoms with E-state index in [0.717, 1.165) is 12.3 Å². The van der Waals surface area contributed by atoms with E-state index in [4.69, 9.17) is 0 Å². The first kappa shape index (κ1) is 18.6. The standard InChI is InChI=1S/C18H19F4N3O/c19-15-4-1-13(2-5-15)16(26)12-24-7-9-25(10-8-24)17-6-3-14(11-23-17)18(20,21)22/h1-6,11,16,26H,7-10,12H2. The van der Waals surface area contributed by atoms with Crippen molar-refractivity contribution in [2.75, 3.05) is 37.6 Å². The molecule has 26 heavy (non-hydrogen) atoms. The highest BCUT2D eigenvalue weighted by Gasteiger charge is 2.31. The first-order chi connectivity index (χ1) is 12.3. The molecule has 140 valence electrons. The molecule has 0 bridgehead atoms. The number of nitrogens with zero attached hydrogens (tertiary/aromatic N) is 3. The maximum atomic E-state index is 12.9. The Morgan fingerprint density at radius 1 is 1.00 bits per heavy atom. The van der Waals surface area contributed by atoms with Crippen molar-refractivity contribution in [3.05, 3.63) is 59.5 Å². The van der Waals surface area contributed by atoms with Crippen LogP contribution in [-0.4, -0.2) is 47.7 Å². The molecule has 1 fully saturated rings. The molecular formula is C18H19F4N3O. The van der Waals surface area contributed by atoms with Crippen LogP contribution in [0, 0.1) is 5.82 Å². The number of β-amino-alcohol motifs (C(OH)–C–C–N with tert-alkyl or cyclic N) is 1. The Hall–Kier alpha value is -2.19. The van der Waals surface area contributed by atoms with E-state index in [1.54, 1.807) is 12.1 Å². The van der Waals surface area contributed by atoms with E-state index in [2.05, 4.69) is 9.88 Å². The fraction of sp³-hybridized carbons (Fsp3) is 0.389. The fourth-order valence-corrected chi connectivity index (χ4v) is 2.94. The largest absolute Gasteiger partial charge is 0.417 e. The molecule has 8 heteroatoms. The molecule has 0 aliphatic carbocycles. The minimum atomic E-state index is -4.39. The molecule has 2 heterocycles. The van der Waals surface area contributed by atoms with Gasteiger partial charge < -0.3 is 10.0 Å². The average Bonchev–Trinajstić information content (AvgIpc) is 2.62. The smallest absolute Gasteiger partial charge is 0.387 e. The number of hydrogen-bond acceptors (Lipinski definition) is 4.